The molecule has 1 amide bonds. The number of amides is 1. The van der Waals surface area contributed by atoms with Crippen molar-refractivity contribution in [1.29, 1.82) is 0 Å². The Bertz CT molecular complexity index is 1890. The Labute approximate surface area is 280 Å². The fraction of sp³-hybridized carbons (Fsp3) is 0.200. The summed E-state index contributed by atoms with van der Waals surface area (Å²) in [6, 6.07) is 43.6. The third kappa shape index (κ3) is 5.87. The van der Waals surface area contributed by atoms with Crippen molar-refractivity contribution >= 4 is 34.3 Å². The Kier molecular flexibility index (Phi) is 8.94. The van der Waals surface area contributed by atoms with Crippen LogP contribution in [0.5, 0.6) is 0 Å². The van der Waals surface area contributed by atoms with Crippen LogP contribution in [0.3, 0.4) is 0 Å². The number of aromatic nitrogens is 2. The molecule has 0 aliphatic carbocycles. The molecule has 0 fully saturated rings. The Morgan fingerprint density at radius 1 is 0.766 bits per heavy atom. The van der Waals surface area contributed by atoms with E-state index in [9.17, 15) is 4.79 Å². The molecule has 0 saturated carbocycles. The smallest absolute Gasteiger partial charge is 0.238 e. The standard InChI is InChI=1S/C40H39N5OS/c1-3-44(4-2)26-27-45-34-25-24-33(39-37(34)38(43-45)32-22-14-15-23-35(32)47-39)42-36(46)28-41-40(29-16-8-5-9-17-29,30-18-10-6-11-19-30)31-20-12-7-13-21-31/h5-25,41H,3-4,26-28H2,1-2H3,(H,42,46). The Morgan fingerprint density at radius 3 is 1.94 bits per heavy atom. The molecule has 1 aromatic heterocycles. The minimum absolute atomic E-state index is 0.105. The van der Waals surface area contributed by atoms with E-state index in [4.69, 9.17) is 5.10 Å². The first-order valence-corrected chi connectivity index (χ1v) is 17.2. The highest BCUT2D eigenvalue weighted by atomic mass is 32.2. The zero-order valence-electron chi connectivity index (χ0n) is 26.8. The van der Waals surface area contributed by atoms with Gasteiger partial charge in [0.05, 0.1) is 29.8 Å². The molecule has 0 spiro atoms. The summed E-state index contributed by atoms with van der Waals surface area (Å²) >= 11 is 1.71. The highest BCUT2D eigenvalue weighted by Gasteiger charge is 2.36. The molecule has 47 heavy (non-hydrogen) atoms. The van der Waals surface area contributed by atoms with Gasteiger partial charge >= 0.3 is 0 Å². The van der Waals surface area contributed by atoms with E-state index in [0.29, 0.717) is 0 Å². The minimum Gasteiger partial charge on any atom is -0.324 e. The maximum atomic E-state index is 13.9. The summed E-state index contributed by atoms with van der Waals surface area (Å²) in [7, 11) is 0. The van der Waals surface area contributed by atoms with Crippen molar-refractivity contribution in [3.05, 3.63) is 144 Å². The van der Waals surface area contributed by atoms with Crippen LogP contribution < -0.4 is 10.6 Å². The first-order valence-electron chi connectivity index (χ1n) is 16.4. The molecule has 2 N–H and O–H groups in total. The van der Waals surface area contributed by atoms with Gasteiger partial charge in [-0.3, -0.25) is 14.8 Å². The third-order valence-electron chi connectivity index (χ3n) is 9.16. The van der Waals surface area contributed by atoms with Crippen molar-refractivity contribution in [3.63, 3.8) is 0 Å². The molecule has 236 valence electrons. The predicted octanol–water partition coefficient (Wildman–Crippen LogP) is 8.03. The van der Waals surface area contributed by atoms with Gasteiger partial charge in [0, 0.05) is 27.3 Å². The van der Waals surface area contributed by atoms with Crippen LogP contribution in [0.15, 0.2) is 137 Å². The molecule has 0 bridgehead atoms. The van der Waals surface area contributed by atoms with Gasteiger partial charge in [-0.25, -0.2) is 0 Å². The highest BCUT2D eigenvalue weighted by molar-refractivity contribution is 8.00. The van der Waals surface area contributed by atoms with Crippen molar-refractivity contribution in [1.82, 2.24) is 20.0 Å². The van der Waals surface area contributed by atoms with E-state index in [-0.39, 0.29) is 12.5 Å². The number of fused-ring (bicyclic) bond motifs is 2. The number of anilines is 1. The van der Waals surface area contributed by atoms with E-state index < -0.39 is 5.54 Å². The molecule has 5 aromatic carbocycles. The van der Waals surface area contributed by atoms with Gasteiger partial charge in [-0.15, -0.1) is 0 Å². The number of rotatable bonds is 12. The second kappa shape index (κ2) is 13.6. The van der Waals surface area contributed by atoms with Crippen molar-refractivity contribution in [2.75, 3.05) is 31.5 Å². The van der Waals surface area contributed by atoms with E-state index in [1.807, 2.05) is 60.7 Å². The van der Waals surface area contributed by atoms with Crippen molar-refractivity contribution in [2.45, 2.75) is 35.7 Å². The van der Waals surface area contributed by atoms with E-state index in [1.54, 1.807) is 11.8 Å². The van der Waals surface area contributed by atoms with Gasteiger partial charge in [-0.1, -0.05) is 135 Å². The summed E-state index contributed by atoms with van der Waals surface area (Å²) in [6.07, 6.45) is 0. The second-order valence-electron chi connectivity index (χ2n) is 11.8. The fourth-order valence-electron chi connectivity index (χ4n) is 6.72. The lowest BCUT2D eigenvalue weighted by Gasteiger charge is -2.37. The van der Waals surface area contributed by atoms with E-state index in [0.717, 1.165) is 80.5 Å². The molecule has 6 nitrogen and oxygen atoms in total. The van der Waals surface area contributed by atoms with Gasteiger partial charge in [0.25, 0.3) is 0 Å². The maximum Gasteiger partial charge on any atom is 0.238 e. The lowest BCUT2D eigenvalue weighted by Crippen LogP contribution is -2.47. The monoisotopic (exact) mass is 637 g/mol. The van der Waals surface area contributed by atoms with Crippen LogP contribution in [0.25, 0.3) is 22.2 Å². The number of likely N-dealkylation sites (N-methyl/N-ethyl adjacent to an activating group) is 1. The van der Waals surface area contributed by atoms with Crippen LogP contribution in [0, 0.1) is 0 Å². The first-order chi connectivity index (χ1) is 23.1. The number of hydrogen-bond donors (Lipinski definition) is 2. The molecular formula is C40H39N5OS. The number of nitrogens with zero attached hydrogens (tertiary/aromatic N) is 3. The Hall–Kier alpha value is -4.69. The van der Waals surface area contributed by atoms with Gasteiger partial charge in [0.2, 0.25) is 5.91 Å². The topological polar surface area (TPSA) is 62.2 Å². The number of benzene rings is 5. The summed E-state index contributed by atoms with van der Waals surface area (Å²) < 4.78 is 2.14. The average molecular weight is 638 g/mol. The van der Waals surface area contributed by atoms with Gasteiger partial charge in [-0.05, 0) is 48.0 Å². The van der Waals surface area contributed by atoms with Gasteiger partial charge < -0.3 is 10.2 Å². The van der Waals surface area contributed by atoms with Gasteiger partial charge in [0.1, 0.15) is 5.69 Å². The summed E-state index contributed by atoms with van der Waals surface area (Å²) in [4.78, 5) is 18.5. The van der Waals surface area contributed by atoms with Crippen molar-refractivity contribution < 1.29 is 4.79 Å². The van der Waals surface area contributed by atoms with Crippen molar-refractivity contribution in [3.8, 4) is 11.3 Å². The lowest BCUT2D eigenvalue weighted by atomic mass is 9.77. The minimum atomic E-state index is -0.730. The Balaban J connectivity index is 1.23. The number of hydrogen-bond acceptors (Lipinski definition) is 5. The summed E-state index contributed by atoms with van der Waals surface area (Å²) in [5.41, 5.74) is 6.48. The largest absolute Gasteiger partial charge is 0.324 e. The van der Waals surface area contributed by atoms with Crippen LogP contribution >= 0.6 is 11.8 Å². The fourth-order valence-corrected chi connectivity index (χ4v) is 7.89. The molecule has 0 atom stereocenters. The summed E-state index contributed by atoms with van der Waals surface area (Å²) in [5, 5.41) is 13.2. The van der Waals surface area contributed by atoms with Gasteiger partial charge in [-0.2, -0.15) is 5.10 Å². The Morgan fingerprint density at radius 2 is 1.34 bits per heavy atom. The molecule has 0 radical (unpaired) electrons. The van der Waals surface area contributed by atoms with Crippen LogP contribution in [0.4, 0.5) is 5.69 Å². The van der Waals surface area contributed by atoms with Gasteiger partial charge in [0.15, 0.2) is 0 Å². The zero-order chi connectivity index (χ0) is 32.2. The average Bonchev–Trinajstić information content (AvgIpc) is 3.51. The predicted molar refractivity (Wildman–Crippen MR) is 193 cm³/mol. The first kappa shape index (κ1) is 30.9. The molecule has 6 aromatic rings. The van der Waals surface area contributed by atoms with E-state index >= 15 is 0 Å². The third-order valence-corrected chi connectivity index (χ3v) is 10.4. The molecule has 7 rings (SSSR count). The quantitative estimate of drug-likeness (QED) is 0.133. The van der Waals surface area contributed by atoms with Crippen LogP contribution in [0.2, 0.25) is 0 Å². The molecule has 2 heterocycles. The highest BCUT2D eigenvalue weighted by Crippen LogP contribution is 2.50. The van der Waals surface area contributed by atoms with Crippen LogP contribution in [-0.4, -0.2) is 46.8 Å². The SMILES string of the molecule is CCN(CC)CCn1nc2c3c(c(NC(=O)CNC(c4ccccc4)(c4ccccc4)c4ccccc4)ccc31)Sc1ccccc1-2. The molecule has 1 aliphatic rings. The van der Waals surface area contributed by atoms with E-state index in [1.165, 1.54) is 0 Å². The molecule has 0 unspecified atom stereocenters. The number of carbonyl (C=O) groups excluding carboxylic acids is 1. The second-order valence-corrected chi connectivity index (χ2v) is 12.8. The summed E-state index contributed by atoms with van der Waals surface area (Å²) in [6.45, 7) is 8.26. The van der Waals surface area contributed by atoms with Crippen LogP contribution in [-0.2, 0) is 16.9 Å². The van der Waals surface area contributed by atoms with E-state index in [2.05, 4.69) is 101 Å². The molecule has 1 aliphatic heterocycles. The number of nitrogens with one attached hydrogen (secondary N) is 2. The number of carbonyl (C=O) groups is 1. The molecular weight excluding hydrogens is 599 g/mol. The molecule has 7 heteroatoms. The van der Waals surface area contributed by atoms with Crippen LogP contribution in [0.1, 0.15) is 30.5 Å². The van der Waals surface area contributed by atoms with Crippen molar-refractivity contribution in [2.24, 2.45) is 0 Å². The maximum absolute atomic E-state index is 13.9. The zero-order valence-corrected chi connectivity index (χ0v) is 27.6. The molecule has 0 saturated heterocycles. The lowest BCUT2D eigenvalue weighted by molar-refractivity contribution is -0.115. The summed E-state index contributed by atoms with van der Waals surface area (Å²) in [5.74, 6) is -0.109. The normalized spacial score (nSPS) is 12.3.